The fourth-order valence-electron chi connectivity index (χ4n) is 2.66. The highest BCUT2D eigenvalue weighted by Crippen LogP contribution is 2.18. The van der Waals surface area contributed by atoms with Crippen molar-refractivity contribution in [1.82, 2.24) is 15.1 Å². The third-order valence-corrected chi connectivity index (χ3v) is 3.97. The monoisotopic (exact) mass is 275 g/mol. The Kier molecular flexibility index (Phi) is 5.01. The van der Waals surface area contributed by atoms with E-state index in [0.717, 1.165) is 26.1 Å². The number of urea groups is 1. The van der Waals surface area contributed by atoms with Crippen molar-refractivity contribution < 1.29 is 4.79 Å². The number of rotatable bonds is 6. The van der Waals surface area contributed by atoms with Gasteiger partial charge < -0.3 is 15.1 Å². The molecule has 110 valence electrons. The summed E-state index contributed by atoms with van der Waals surface area (Å²) in [6, 6.07) is 9.07. The van der Waals surface area contributed by atoms with Gasteiger partial charge in [-0.25, -0.2) is 4.79 Å². The number of hydrogen-bond acceptors (Lipinski definition) is 2. The molecule has 1 saturated heterocycles. The summed E-state index contributed by atoms with van der Waals surface area (Å²) >= 11 is 0. The van der Waals surface area contributed by atoms with Gasteiger partial charge in [0.25, 0.3) is 0 Å². The van der Waals surface area contributed by atoms with Gasteiger partial charge in [0.05, 0.1) is 0 Å². The van der Waals surface area contributed by atoms with Crippen molar-refractivity contribution in [3.63, 3.8) is 0 Å². The van der Waals surface area contributed by atoms with E-state index in [1.54, 1.807) is 4.90 Å². The van der Waals surface area contributed by atoms with Crippen LogP contribution in [0.25, 0.3) is 0 Å². The first kappa shape index (κ1) is 14.9. The Bertz CT molecular complexity index is 444. The minimum atomic E-state index is 0.132. The Labute approximate surface area is 121 Å². The number of carbonyl (C=O) groups is 1. The van der Waals surface area contributed by atoms with Crippen LogP contribution in [0.2, 0.25) is 0 Å². The van der Waals surface area contributed by atoms with Crippen LogP contribution >= 0.6 is 0 Å². The van der Waals surface area contributed by atoms with Crippen molar-refractivity contribution in [2.45, 2.75) is 25.8 Å². The summed E-state index contributed by atoms with van der Waals surface area (Å²) in [6.07, 6.45) is 2.29. The van der Waals surface area contributed by atoms with Crippen molar-refractivity contribution in [3.8, 4) is 0 Å². The highest BCUT2D eigenvalue weighted by atomic mass is 16.2. The van der Waals surface area contributed by atoms with Crippen molar-refractivity contribution >= 4 is 6.03 Å². The van der Waals surface area contributed by atoms with Crippen LogP contribution < -0.4 is 5.32 Å². The lowest BCUT2D eigenvalue weighted by atomic mass is 10.0. The van der Waals surface area contributed by atoms with E-state index in [2.05, 4.69) is 36.5 Å². The molecule has 0 radical (unpaired) electrons. The highest BCUT2D eigenvalue weighted by molar-refractivity contribution is 5.76. The molecule has 0 saturated carbocycles. The van der Waals surface area contributed by atoms with Crippen LogP contribution in [-0.2, 0) is 6.42 Å². The van der Waals surface area contributed by atoms with Gasteiger partial charge in [0.1, 0.15) is 0 Å². The Morgan fingerprint density at radius 1 is 1.25 bits per heavy atom. The Morgan fingerprint density at radius 3 is 2.45 bits per heavy atom. The number of carbonyl (C=O) groups excluding carboxylic acids is 1. The SMILES string of the molecule is CCCc1ccc(C(CN2CCN(C)C2=O)NC)cc1. The lowest BCUT2D eigenvalue weighted by molar-refractivity contribution is 0.194. The van der Waals surface area contributed by atoms with Gasteiger partial charge in [-0.15, -0.1) is 0 Å². The number of amides is 2. The van der Waals surface area contributed by atoms with Crippen LogP contribution in [0.3, 0.4) is 0 Å². The van der Waals surface area contributed by atoms with E-state index in [4.69, 9.17) is 0 Å². The van der Waals surface area contributed by atoms with Gasteiger partial charge in [0, 0.05) is 32.7 Å². The number of aryl methyl sites for hydroxylation is 1. The number of likely N-dealkylation sites (N-methyl/N-ethyl adjacent to an activating group) is 2. The van der Waals surface area contributed by atoms with Gasteiger partial charge in [0.2, 0.25) is 0 Å². The molecule has 2 amide bonds. The van der Waals surface area contributed by atoms with Crippen molar-refractivity contribution in [1.29, 1.82) is 0 Å². The molecule has 0 bridgehead atoms. The molecule has 1 aliphatic heterocycles. The summed E-state index contributed by atoms with van der Waals surface area (Å²) in [4.78, 5) is 15.6. The predicted octanol–water partition coefficient (Wildman–Crippen LogP) is 2.27. The topological polar surface area (TPSA) is 35.6 Å². The fraction of sp³-hybridized carbons (Fsp3) is 0.562. The molecule has 1 N–H and O–H groups in total. The van der Waals surface area contributed by atoms with E-state index >= 15 is 0 Å². The van der Waals surface area contributed by atoms with Crippen LogP contribution in [0.1, 0.15) is 30.5 Å². The summed E-state index contributed by atoms with van der Waals surface area (Å²) in [5.74, 6) is 0. The van der Waals surface area contributed by atoms with Crippen molar-refractivity contribution in [3.05, 3.63) is 35.4 Å². The summed E-state index contributed by atoms with van der Waals surface area (Å²) in [7, 11) is 3.81. The van der Waals surface area contributed by atoms with Gasteiger partial charge in [-0.3, -0.25) is 0 Å². The zero-order chi connectivity index (χ0) is 14.5. The highest BCUT2D eigenvalue weighted by Gasteiger charge is 2.27. The molecule has 4 nitrogen and oxygen atoms in total. The fourth-order valence-corrected chi connectivity index (χ4v) is 2.66. The first-order valence-electron chi connectivity index (χ1n) is 7.41. The molecule has 1 aliphatic rings. The first-order valence-corrected chi connectivity index (χ1v) is 7.41. The maximum atomic E-state index is 12.0. The number of hydrogen-bond donors (Lipinski definition) is 1. The van der Waals surface area contributed by atoms with E-state index in [1.807, 2.05) is 19.0 Å². The van der Waals surface area contributed by atoms with Crippen LogP contribution in [0.4, 0.5) is 4.79 Å². The molecule has 1 heterocycles. The molecular weight excluding hydrogens is 250 g/mol. The summed E-state index contributed by atoms with van der Waals surface area (Å²) in [5, 5.41) is 3.32. The van der Waals surface area contributed by atoms with Crippen LogP contribution in [0, 0.1) is 0 Å². The van der Waals surface area contributed by atoms with Crippen LogP contribution in [0.5, 0.6) is 0 Å². The second-order valence-electron chi connectivity index (χ2n) is 5.48. The molecule has 1 fully saturated rings. The zero-order valence-electron chi connectivity index (χ0n) is 12.7. The van der Waals surface area contributed by atoms with Crippen LogP contribution in [0.15, 0.2) is 24.3 Å². The van der Waals surface area contributed by atoms with E-state index in [9.17, 15) is 4.79 Å². The summed E-state index contributed by atoms with van der Waals surface area (Å²) in [6.45, 7) is 4.57. The van der Waals surface area contributed by atoms with Crippen molar-refractivity contribution in [2.75, 3.05) is 33.7 Å². The van der Waals surface area contributed by atoms with Gasteiger partial charge in [-0.2, -0.15) is 0 Å². The second kappa shape index (κ2) is 6.75. The normalized spacial score (nSPS) is 16.9. The molecule has 1 unspecified atom stereocenters. The van der Waals surface area contributed by atoms with Gasteiger partial charge in [-0.1, -0.05) is 37.6 Å². The molecule has 0 aliphatic carbocycles. The number of benzene rings is 1. The average Bonchev–Trinajstić information content (AvgIpc) is 2.78. The largest absolute Gasteiger partial charge is 0.326 e. The Balaban J connectivity index is 2.02. The van der Waals surface area contributed by atoms with E-state index < -0.39 is 0 Å². The molecule has 1 aromatic rings. The molecule has 20 heavy (non-hydrogen) atoms. The van der Waals surface area contributed by atoms with E-state index in [-0.39, 0.29) is 12.1 Å². The first-order chi connectivity index (χ1) is 9.65. The molecule has 1 aromatic carbocycles. The van der Waals surface area contributed by atoms with Gasteiger partial charge in [-0.05, 0) is 24.6 Å². The third kappa shape index (κ3) is 3.31. The third-order valence-electron chi connectivity index (χ3n) is 3.97. The predicted molar refractivity (Wildman–Crippen MR) is 81.8 cm³/mol. The van der Waals surface area contributed by atoms with Crippen molar-refractivity contribution in [2.24, 2.45) is 0 Å². The Hall–Kier alpha value is -1.55. The number of nitrogens with zero attached hydrogens (tertiary/aromatic N) is 2. The smallest absolute Gasteiger partial charge is 0.319 e. The molecule has 4 heteroatoms. The lowest BCUT2D eigenvalue weighted by Crippen LogP contribution is -2.36. The maximum Gasteiger partial charge on any atom is 0.319 e. The van der Waals surface area contributed by atoms with Crippen LogP contribution in [-0.4, -0.2) is 49.6 Å². The molecule has 0 aromatic heterocycles. The zero-order valence-corrected chi connectivity index (χ0v) is 12.7. The minimum absolute atomic E-state index is 0.132. The molecular formula is C16H25N3O. The summed E-state index contributed by atoms with van der Waals surface area (Å²) in [5.41, 5.74) is 2.62. The van der Waals surface area contributed by atoms with Gasteiger partial charge in [0.15, 0.2) is 0 Å². The molecule has 0 spiro atoms. The molecule has 1 atom stereocenters. The Morgan fingerprint density at radius 2 is 1.95 bits per heavy atom. The maximum absolute atomic E-state index is 12.0. The minimum Gasteiger partial charge on any atom is -0.326 e. The standard InChI is InChI=1S/C16H25N3O/c1-4-5-13-6-8-14(9-7-13)15(17-2)12-19-11-10-18(3)16(19)20/h6-9,15,17H,4-5,10-12H2,1-3H3. The van der Waals surface area contributed by atoms with E-state index in [1.165, 1.54) is 17.5 Å². The number of nitrogens with one attached hydrogen (secondary N) is 1. The molecule has 2 rings (SSSR count). The second-order valence-corrected chi connectivity index (χ2v) is 5.48. The summed E-state index contributed by atoms with van der Waals surface area (Å²) < 4.78 is 0. The van der Waals surface area contributed by atoms with E-state index in [0.29, 0.717) is 0 Å². The average molecular weight is 275 g/mol. The van der Waals surface area contributed by atoms with Gasteiger partial charge >= 0.3 is 6.03 Å². The quantitative estimate of drug-likeness (QED) is 0.864. The lowest BCUT2D eigenvalue weighted by Gasteiger charge is -2.23.